The molecule has 0 bridgehead atoms. The molecule has 1 aromatic rings. The Hall–Kier alpha value is -1.29. The molecule has 1 unspecified atom stereocenters. The van der Waals surface area contributed by atoms with Crippen molar-refractivity contribution in [3.8, 4) is 11.6 Å². The summed E-state index contributed by atoms with van der Waals surface area (Å²) >= 11 is 0. The summed E-state index contributed by atoms with van der Waals surface area (Å²) in [6.45, 7) is 5.78. The lowest BCUT2D eigenvalue weighted by molar-refractivity contribution is 0.229. The molecular formula is C15H24N2O2. The van der Waals surface area contributed by atoms with Gasteiger partial charge in [-0.25, -0.2) is 4.98 Å². The van der Waals surface area contributed by atoms with Gasteiger partial charge in [-0.2, -0.15) is 0 Å². The van der Waals surface area contributed by atoms with Gasteiger partial charge < -0.3 is 14.8 Å². The van der Waals surface area contributed by atoms with Crippen molar-refractivity contribution in [3.05, 3.63) is 18.3 Å². The molecule has 0 aromatic carbocycles. The molecule has 0 aliphatic carbocycles. The highest BCUT2D eigenvalue weighted by Gasteiger charge is 2.13. The van der Waals surface area contributed by atoms with E-state index in [-0.39, 0.29) is 0 Å². The van der Waals surface area contributed by atoms with E-state index in [1.807, 2.05) is 12.1 Å². The smallest absolute Gasteiger partial charge is 0.256 e. The first kappa shape index (κ1) is 14.1. The predicted octanol–water partition coefficient (Wildman–Crippen LogP) is 2.64. The standard InChI is InChI=1S/C15H24N2O2/c1-2-10-18-14-6-4-9-17-15(14)19-11-7-13-5-3-8-16-12-13/h4,6,9,13,16H,2-3,5,7-8,10-12H2,1H3. The maximum atomic E-state index is 5.77. The monoisotopic (exact) mass is 264 g/mol. The number of hydrogen-bond acceptors (Lipinski definition) is 4. The normalized spacial score (nSPS) is 19.1. The molecule has 1 aromatic heterocycles. The Kier molecular flexibility index (Phi) is 5.95. The Morgan fingerprint density at radius 2 is 2.32 bits per heavy atom. The second kappa shape index (κ2) is 8.00. The van der Waals surface area contributed by atoms with Crippen LogP contribution in [0.4, 0.5) is 0 Å². The minimum absolute atomic E-state index is 0.625. The lowest BCUT2D eigenvalue weighted by atomic mass is 9.97. The van der Waals surface area contributed by atoms with E-state index in [9.17, 15) is 0 Å². The van der Waals surface area contributed by atoms with Gasteiger partial charge in [-0.1, -0.05) is 6.92 Å². The largest absolute Gasteiger partial charge is 0.488 e. The summed E-state index contributed by atoms with van der Waals surface area (Å²) in [7, 11) is 0. The first-order valence-corrected chi connectivity index (χ1v) is 7.31. The van der Waals surface area contributed by atoms with E-state index in [0.717, 1.165) is 37.6 Å². The van der Waals surface area contributed by atoms with Crippen molar-refractivity contribution in [1.29, 1.82) is 0 Å². The fourth-order valence-corrected chi connectivity index (χ4v) is 2.30. The summed E-state index contributed by atoms with van der Waals surface area (Å²) in [4.78, 5) is 4.25. The van der Waals surface area contributed by atoms with Gasteiger partial charge in [-0.3, -0.25) is 0 Å². The van der Waals surface area contributed by atoms with E-state index in [1.165, 1.54) is 12.8 Å². The van der Waals surface area contributed by atoms with Gasteiger partial charge in [-0.05, 0) is 56.8 Å². The van der Waals surface area contributed by atoms with E-state index in [4.69, 9.17) is 9.47 Å². The number of nitrogens with one attached hydrogen (secondary N) is 1. The summed E-state index contributed by atoms with van der Waals surface area (Å²) in [6.07, 6.45) is 6.39. The van der Waals surface area contributed by atoms with Crippen LogP contribution in [-0.2, 0) is 0 Å². The van der Waals surface area contributed by atoms with Crippen LogP contribution < -0.4 is 14.8 Å². The minimum atomic E-state index is 0.625. The SMILES string of the molecule is CCCOc1cccnc1OCCC1CCCNC1. The minimum Gasteiger partial charge on any atom is -0.488 e. The molecule has 1 aliphatic rings. The third-order valence-electron chi connectivity index (χ3n) is 3.36. The van der Waals surface area contributed by atoms with Crippen LogP contribution in [0.1, 0.15) is 32.6 Å². The Morgan fingerprint density at radius 3 is 3.11 bits per heavy atom. The average molecular weight is 264 g/mol. The van der Waals surface area contributed by atoms with Crippen LogP contribution in [-0.4, -0.2) is 31.3 Å². The Bertz CT molecular complexity index is 365. The van der Waals surface area contributed by atoms with Crippen molar-refractivity contribution >= 4 is 0 Å². The third kappa shape index (κ3) is 4.71. The quantitative estimate of drug-likeness (QED) is 0.822. The summed E-state index contributed by atoms with van der Waals surface area (Å²) in [5.74, 6) is 2.11. The molecule has 4 nitrogen and oxygen atoms in total. The summed E-state index contributed by atoms with van der Waals surface area (Å²) in [6, 6.07) is 3.79. The molecule has 0 spiro atoms. The summed E-state index contributed by atoms with van der Waals surface area (Å²) in [5, 5.41) is 3.43. The van der Waals surface area contributed by atoms with Gasteiger partial charge in [0, 0.05) is 6.20 Å². The molecular weight excluding hydrogens is 240 g/mol. The van der Waals surface area contributed by atoms with E-state index >= 15 is 0 Å². The van der Waals surface area contributed by atoms with Crippen LogP contribution in [0.2, 0.25) is 0 Å². The number of ether oxygens (including phenoxy) is 2. The second-order valence-corrected chi connectivity index (χ2v) is 5.00. The maximum Gasteiger partial charge on any atom is 0.256 e. The molecule has 19 heavy (non-hydrogen) atoms. The zero-order valence-electron chi connectivity index (χ0n) is 11.7. The maximum absolute atomic E-state index is 5.77. The first-order chi connectivity index (χ1) is 9.40. The van der Waals surface area contributed by atoms with Crippen molar-refractivity contribution in [3.63, 3.8) is 0 Å². The number of aromatic nitrogens is 1. The fourth-order valence-electron chi connectivity index (χ4n) is 2.30. The van der Waals surface area contributed by atoms with Crippen LogP contribution >= 0.6 is 0 Å². The van der Waals surface area contributed by atoms with Crippen molar-refractivity contribution < 1.29 is 9.47 Å². The Morgan fingerprint density at radius 1 is 1.37 bits per heavy atom. The van der Waals surface area contributed by atoms with Gasteiger partial charge in [0.05, 0.1) is 13.2 Å². The molecule has 0 amide bonds. The molecule has 4 heteroatoms. The zero-order valence-corrected chi connectivity index (χ0v) is 11.7. The highest BCUT2D eigenvalue weighted by molar-refractivity contribution is 5.32. The van der Waals surface area contributed by atoms with Crippen molar-refractivity contribution in [1.82, 2.24) is 10.3 Å². The molecule has 0 saturated carbocycles. The molecule has 0 radical (unpaired) electrons. The lowest BCUT2D eigenvalue weighted by Crippen LogP contribution is -2.30. The van der Waals surface area contributed by atoms with Crippen LogP contribution in [0, 0.1) is 5.92 Å². The molecule has 1 saturated heterocycles. The topological polar surface area (TPSA) is 43.4 Å². The molecule has 2 heterocycles. The highest BCUT2D eigenvalue weighted by Crippen LogP contribution is 2.24. The number of hydrogen-bond donors (Lipinski definition) is 1. The lowest BCUT2D eigenvalue weighted by Gasteiger charge is -2.22. The Balaban J connectivity index is 1.77. The average Bonchev–Trinajstić information content (AvgIpc) is 2.47. The Labute approximate surface area is 115 Å². The number of piperidine rings is 1. The van der Waals surface area contributed by atoms with Crippen molar-refractivity contribution in [2.75, 3.05) is 26.3 Å². The summed E-state index contributed by atoms with van der Waals surface area (Å²) < 4.78 is 11.4. The molecule has 2 rings (SSSR count). The van der Waals surface area contributed by atoms with Gasteiger partial charge in [0.25, 0.3) is 5.88 Å². The van der Waals surface area contributed by atoms with Crippen LogP contribution in [0.15, 0.2) is 18.3 Å². The van der Waals surface area contributed by atoms with Crippen molar-refractivity contribution in [2.24, 2.45) is 5.92 Å². The molecule has 106 valence electrons. The molecule has 1 N–H and O–H groups in total. The molecule has 1 fully saturated rings. The van der Waals surface area contributed by atoms with Crippen LogP contribution in [0.25, 0.3) is 0 Å². The van der Waals surface area contributed by atoms with Gasteiger partial charge in [0.15, 0.2) is 5.75 Å². The number of pyridine rings is 1. The van der Waals surface area contributed by atoms with Crippen LogP contribution in [0.3, 0.4) is 0 Å². The van der Waals surface area contributed by atoms with Crippen LogP contribution in [0.5, 0.6) is 11.6 Å². The molecule has 1 atom stereocenters. The van der Waals surface area contributed by atoms with Gasteiger partial charge in [-0.15, -0.1) is 0 Å². The van der Waals surface area contributed by atoms with E-state index in [2.05, 4.69) is 17.2 Å². The molecule has 1 aliphatic heterocycles. The second-order valence-electron chi connectivity index (χ2n) is 5.00. The fraction of sp³-hybridized carbons (Fsp3) is 0.667. The summed E-state index contributed by atoms with van der Waals surface area (Å²) in [5.41, 5.74) is 0. The van der Waals surface area contributed by atoms with Gasteiger partial charge in [0.2, 0.25) is 0 Å². The number of nitrogens with zero attached hydrogens (tertiary/aromatic N) is 1. The zero-order chi connectivity index (χ0) is 13.3. The highest BCUT2D eigenvalue weighted by atomic mass is 16.5. The van der Waals surface area contributed by atoms with Crippen molar-refractivity contribution in [2.45, 2.75) is 32.6 Å². The third-order valence-corrected chi connectivity index (χ3v) is 3.36. The first-order valence-electron chi connectivity index (χ1n) is 7.31. The predicted molar refractivity (Wildman–Crippen MR) is 75.7 cm³/mol. The van der Waals surface area contributed by atoms with Gasteiger partial charge >= 0.3 is 0 Å². The van der Waals surface area contributed by atoms with Gasteiger partial charge in [0.1, 0.15) is 0 Å². The number of rotatable bonds is 7. The van der Waals surface area contributed by atoms with E-state index in [0.29, 0.717) is 19.1 Å². The van der Waals surface area contributed by atoms with E-state index in [1.54, 1.807) is 6.20 Å². The van der Waals surface area contributed by atoms with E-state index < -0.39 is 0 Å².